The first-order valence-corrected chi connectivity index (χ1v) is 4.86. The second-order valence-corrected chi connectivity index (χ2v) is 3.60. The molecule has 0 saturated heterocycles. The van der Waals surface area contributed by atoms with Crippen LogP contribution in [0.25, 0.3) is 11.1 Å². The molecule has 0 aliphatic carbocycles. The molecule has 0 fully saturated rings. The average Bonchev–Trinajstić information content (AvgIpc) is 2.20. The van der Waals surface area contributed by atoms with Gasteiger partial charge in [-0.2, -0.15) is 0 Å². The second kappa shape index (κ2) is 3.81. The molecule has 1 nitrogen and oxygen atoms in total. The van der Waals surface area contributed by atoms with Crippen molar-refractivity contribution >= 4 is 0 Å². The van der Waals surface area contributed by atoms with Gasteiger partial charge in [-0.05, 0) is 43.2 Å². The molecule has 0 atom stereocenters. The SMILES string of the molecule is Cc1cc(F)ccc1-c1cccnc1C. The van der Waals surface area contributed by atoms with Crippen LogP contribution >= 0.6 is 0 Å². The molecular formula is C13H12FN. The van der Waals surface area contributed by atoms with Crippen LogP contribution < -0.4 is 0 Å². The average molecular weight is 201 g/mol. The van der Waals surface area contributed by atoms with Gasteiger partial charge >= 0.3 is 0 Å². The highest BCUT2D eigenvalue weighted by Crippen LogP contribution is 2.25. The molecule has 1 heterocycles. The van der Waals surface area contributed by atoms with Gasteiger partial charge in [-0.1, -0.05) is 12.1 Å². The molecule has 1 aromatic heterocycles. The lowest BCUT2D eigenvalue weighted by Gasteiger charge is -2.08. The minimum absolute atomic E-state index is 0.196. The van der Waals surface area contributed by atoms with Crippen molar-refractivity contribution in [3.63, 3.8) is 0 Å². The lowest BCUT2D eigenvalue weighted by atomic mass is 10.00. The first kappa shape index (κ1) is 9.84. The van der Waals surface area contributed by atoms with E-state index >= 15 is 0 Å². The zero-order valence-electron chi connectivity index (χ0n) is 8.79. The Morgan fingerprint density at radius 1 is 1.07 bits per heavy atom. The first-order valence-electron chi connectivity index (χ1n) is 4.86. The Hall–Kier alpha value is -1.70. The molecule has 0 spiro atoms. The predicted octanol–water partition coefficient (Wildman–Crippen LogP) is 3.50. The van der Waals surface area contributed by atoms with Gasteiger partial charge in [-0.15, -0.1) is 0 Å². The Morgan fingerprint density at radius 2 is 1.87 bits per heavy atom. The standard InChI is InChI=1S/C13H12FN/c1-9-8-11(14)5-6-12(9)13-4-3-7-15-10(13)2/h3-8H,1-2H3. The van der Waals surface area contributed by atoms with Crippen LogP contribution in [0.1, 0.15) is 11.3 Å². The molecule has 0 aliphatic rings. The quantitative estimate of drug-likeness (QED) is 0.688. The third-order valence-corrected chi connectivity index (χ3v) is 2.49. The van der Waals surface area contributed by atoms with Crippen molar-refractivity contribution in [2.75, 3.05) is 0 Å². The van der Waals surface area contributed by atoms with Crippen molar-refractivity contribution in [3.8, 4) is 11.1 Å². The lowest BCUT2D eigenvalue weighted by molar-refractivity contribution is 0.627. The van der Waals surface area contributed by atoms with Gasteiger partial charge in [0.1, 0.15) is 5.82 Å². The maximum atomic E-state index is 12.9. The van der Waals surface area contributed by atoms with E-state index in [4.69, 9.17) is 0 Å². The Labute approximate surface area is 88.6 Å². The maximum absolute atomic E-state index is 12.9. The maximum Gasteiger partial charge on any atom is 0.123 e. The number of aryl methyl sites for hydroxylation is 2. The summed E-state index contributed by atoms with van der Waals surface area (Å²) in [7, 11) is 0. The van der Waals surface area contributed by atoms with Gasteiger partial charge in [-0.3, -0.25) is 4.98 Å². The summed E-state index contributed by atoms with van der Waals surface area (Å²) < 4.78 is 12.9. The van der Waals surface area contributed by atoms with Gasteiger partial charge in [0.2, 0.25) is 0 Å². The molecule has 0 amide bonds. The monoisotopic (exact) mass is 201 g/mol. The molecule has 1 aromatic carbocycles. The number of hydrogen-bond acceptors (Lipinski definition) is 1. The summed E-state index contributed by atoms with van der Waals surface area (Å²) in [5.41, 5.74) is 4.01. The normalized spacial score (nSPS) is 10.3. The molecule has 15 heavy (non-hydrogen) atoms. The van der Waals surface area contributed by atoms with Crippen LogP contribution in [0.5, 0.6) is 0 Å². The van der Waals surface area contributed by atoms with Crippen LogP contribution in [0.4, 0.5) is 4.39 Å². The van der Waals surface area contributed by atoms with Crippen LogP contribution in [0.2, 0.25) is 0 Å². The van der Waals surface area contributed by atoms with E-state index in [9.17, 15) is 4.39 Å². The van der Waals surface area contributed by atoms with Crippen molar-refractivity contribution < 1.29 is 4.39 Å². The van der Waals surface area contributed by atoms with E-state index in [0.717, 1.165) is 22.4 Å². The van der Waals surface area contributed by atoms with Crippen molar-refractivity contribution in [1.82, 2.24) is 4.98 Å². The Bertz CT molecular complexity index is 492. The van der Waals surface area contributed by atoms with E-state index < -0.39 is 0 Å². The van der Waals surface area contributed by atoms with E-state index in [1.54, 1.807) is 18.3 Å². The lowest BCUT2D eigenvalue weighted by Crippen LogP contribution is -1.90. The number of nitrogens with zero attached hydrogens (tertiary/aromatic N) is 1. The van der Waals surface area contributed by atoms with Gasteiger partial charge in [0.05, 0.1) is 0 Å². The van der Waals surface area contributed by atoms with E-state index in [-0.39, 0.29) is 5.82 Å². The van der Waals surface area contributed by atoms with E-state index in [1.807, 2.05) is 26.0 Å². The third-order valence-electron chi connectivity index (χ3n) is 2.49. The van der Waals surface area contributed by atoms with Crippen molar-refractivity contribution in [1.29, 1.82) is 0 Å². The minimum Gasteiger partial charge on any atom is -0.261 e. The summed E-state index contributed by atoms with van der Waals surface area (Å²) in [4.78, 5) is 4.23. The van der Waals surface area contributed by atoms with Crippen LogP contribution in [0, 0.1) is 19.7 Å². The molecule has 0 N–H and O–H groups in total. The highest BCUT2D eigenvalue weighted by molar-refractivity contribution is 5.68. The van der Waals surface area contributed by atoms with Gasteiger partial charge in [0, 0.05) is 17.5 Å². The van der Waals surface area contributed by atoms with E-state index in [0.29, 0.717) is 0 Å². The molecule has 2 rings (SSSR count). The second-order valence-electron chi connectivity index (χ2n) is 3.60. The molecule has 0 bridgehead atoms. The smallest absolute Gasteiger partial charge is 0.123 e. The number of pyridine rings is 1. The number of hydrogen-bond donors (Lipinski definition) is 0. The van der Waals surface area contributed by atoms with E-state index in [2.05, 4.69) is 4.98 Å². The topological polar surface area (TPSA) is 12.9 Å². The van der Waals surface area contributed by atoms with Crippen molar-refractivity contribution in [3.05, 3.63) is 53.6 Å². The molecule has 76 valence electrons. The minimum atomic E-state index is -0.196. The fourth-order valence-corrected chi connectivity index (χ4v) is 1.70. The molecular weight excluding hydrogens is 189 g/mol. The fourth-order valence-electron chi connectivity index (χ4n) is 1.70. The highest BCUT2D eigenvalue weighted by atomic mass is 19.1. The van der Waals surface area contributed by atoms with Crippen molar-refractivity contribution in [2.45, 2.75) is 13.8 Å². The number of aromatic nitrogens is 1. The zero-order valence-corrected chi connectivity index (χ0v) is 8.79. The molecule has 0 unspecified atom stereocenters. The predicted molar refractivity (Wildman–Crippen MR) is 59.1 cm³/mol. The molecule has 2 aromatic rings. The first-order chi connectivity index (χ1) is 7.18. The van der Waals surface area contributed by atoms with Gasteiger partial charge in [0.15, 0.2) is 0 Å². The van der Waals surface area contributed by atoms with Crippen LogP contribution in [0.3, 0.4) is 0 Å². The van der Waals surface area contributed by atoms with Gasteiger partial charge in [0.25, 0.3) is 0 Å². The third kappa shape index (κ3) is 1.89. The number of halogens is 1. The molecule has 2 heteroatoms. The molecule has 0 aliphatic heterocycles. The number of rotatable bonds is 1. The summed E-state index contributed by atoms with van der Waals surface area (Å²) in [5, 5.41) is 0. The van der Waals surface area contributed by atoms with Crippen molar-refractivity contribution in [2.24, 2.45) is 0 Å². The van der Waals surface area contributed by atoms with Gasteiger partial charge in [-0.25, -0.2) is 4.39 Å². The van der Waals surface area contributed by atoms with Crippen LogP contribution in [-0.4, -0.2) is 4.98 Å². The Kier molecular flexibility index (Phi) is 2.50. The van der Waals surface area contributed by atoms with Gasteiger partial charge < -0.3 is 0 Å². The zero-order chi connectivity index (χ0) is 10.8. The fraction of sp³-hybridized carbons (Fsp3) is 0.154. The highest BCUT2D eigenvalue weighted by Gasteiger charge is 2.05. The van der Waals surface area contributed by atoms with E-state index in [1.165, 1.54) is 6.07 Å². The number of benzene rings is 1. The van der Waals surface area contributed by atoms with Crippen LogP contribution in [-0.2, 0) is 0 Å². The largest absolute Gasteiger partial charge is 0.261 e. The molecule has 0 saturated carbocycles. The van der Waals surface area contributed by atoms with Crippen LogP contribution in [0.15, 0.2) is 36.5 Å². The molecule has 0 radical (unpaired) electrons. The summed E-state index contributed by atoms with van der Waals surface area (Å²) >= 11 is 0. The Morgan fingerprint density at radius 3 is 2.53 bits per heavy atom. The Balaban J connectivity index is 2.60. The summed E-state index contributed by atoms with van der Waals surface area (Å²) in [6.07, 6.45) is 1.76. The summed E-state index contributed by atoms with van der Waals surface area (Å²) in [6.45, 7) is 3.86. The summed E-state index contributed by atoms with van der Waals surface area (Å²) in [6, 6.07) is 8.72. The summed E-state index contributed by atoms with van der Waals surface area (Å²) in [5.74, 6) is -0.196.